The van der Waals surface area contributed by atoms with Crippen molar-refractivity contribution in [3.8, 4) is 0 Å². The van der Waals surface area contributed by atoms with E-state index in [0.29, 0.717) is 0 Å². The van der Waals surface area contributed by atoms with Crippen LogP contribution in [-0.4, -0.2) is 20.9 Å². The molecule has 3 heteroatoms. The summed E-state index contributed by atoms with van der Waals surface area (Å²) >= 11 is 0. The van der Waals surface area contributed by atoms with E-state index < -0.39 is 16.3 Å². The Bertz CT molecular complexity index is 977. The zero-order valence-electron chi connectivity index (χ0n) is 16.1. The summed E-state index contributed by atoms with van der Waals surface area (Å²) in [7, 11) is -0.890. The molecule has 0 N–H and O–H groups in total. The summed E-state index contributed by atoms with van der Waals surface area (Å²) in [6.07, 6.45) is 5.17. The smallest absolute Gasteiger partial charge is 0.116 e. The molecular formula is C26H23NOS. The summed E-state index contributed by atoms with van der Waals surface area (Å²) < 4.78 is 12.3. The second-order valence-electron chi connectivity index (χ2n) is 7.54. The first kappa shape index (κ1) is 18.1. The molecule has 3 aromatic rings. The van der Waals surface area contributed by atoms with E-state index in [-0.39, 0.29) is 5.25 Å². The Kier molecular flexibility index (Phi) is 4.69. The highest BCUT2D eigenvalue weighted by Gasteiger charge is 2.43. The highest BCUT2D eigenvalue weighted by molar-refractivity contribution is 7.89. The molecule has 2 nitrogen and oxygen atoms in total. The molecule has 0 unspecified atom stereocenters. The van der Waals surface area contributed by atoms with Crippen LogP contribution in [-0.2, 0) is 16.3 Å². The molecule has 2 heterocycles. The van der Waals surface area contributed by atoms with Crippen molar-refractivity contribution in [2.45, 2.75) is 17.2 Å². The Balaban J connectivity index is 1.80. The van der Waals surface area contributed by atoms with Gasteiger partial charge in [-0.3, -0.25) is 4.21 Å². The van der Waals surface area contributed by atoms with Gasteiger partial charge in [0.25, 0.3) is 0 Å². The van der Waals surface area contributed by atoms with Crippen LogP contribution in [0.15, 0.2) is 114 Å². The van der Waals surface area contributed by atoms with Gasteiger partial charge in [-0.05, 0) is 34.8 Å². The van der Waals surface area contributed by atoms with Gasteiger partial charge < -0.3 is 4.90 Å². The quantitative estimate of drug-likeness (QED) is 0.563. The molecule has 0 amide bonds. The molecule has 144 valence electrons. The van der Waals surface area contributed by atoms with Gasteiger partial charge in [-0.2, -0.15) is 0 Å². The van der Waals surface area contributed by atoms with E-state index in [4.69, 9.17) is 0 Å². The largest absolute Gasteiger partial charge is 0.360 e. The Morgan fingerprint density at radius 3 is 1.72 bits per heavy atom. The minimum atomic E-state index is -0.890. The molecule has 3 aromatic carbocycles. The second kappa shape index (κ2) is 7.49. The van der Waals surface area contributed by atoms with E-state index in [1.807, 2.05) is 11.5 Å². The zero-order chi connectivity index (χ0) is 19.7. The van der Waals surface area contributed by atoms with Crippen LogP contribution in [0.1, 0.15) is 23.1 Å². The van der Waals surface area contributed by atoms with Crippen LogP contribution < -0.4 is 0 Å². The van der Waals surface area contributed by atoms with Gasteiger partial charge in [-0.15, -0.1) is 0 Å². The lowest BCUT2D eigenvalue weighted by atomic mass is 9.75. The number of nitrogens with zero attached hydrogens (tertiary/aromatic N) is 1. The fourth-order valence-electron chi connectivity index (χ4n) is 4.69. The monoisotopic (exact) mass is 397 g/mol. The van der Waals surface area contributed by atoms with Crippen molar-refractivity contribution >= 4 is 10.8 Å². The number of fused-ring (bicyclic) bond motifs is 1. The number of hydrogen-bond donors (Lipinski definition) is 0. The van der Waals surface area contributed by atoms with Crippen LogP contribution in [0.2, 0.25) is 0 Å². The minimum absolute atomic E-state index is 0.131. The van der Waals surface area contributed by atoms with Crippen molar-refractivity contribution in [2.75, 3.05) is 6.54 Å². The molecule has 29 heavy (non-hydrogen) atoms. The van der Waals surface area contributed by atoms with Crippen LogP contribution in [0.3, 0.4) is 0 Å². The van der Waals surface area contributed by atoms with Gasteiger partial charge in [-0.1, -0.05) is 91.0 Å². The third-order valence-corrected chi connectivity index (χ3v) is 7.46. The normalized spacial score (nSPS) is 21.0. The van der Waals surface area contributed by atoms with E-state index in [2.05, 4.69) is 102 Å². The van der Waals surface area contributed by atoms with Crippen LogP contribution in [0.5, 0.6) is 0 Å². The summed E-state index contributed by atoms with van der Waals surface area (Å²) in [5.41, 5.74) is 4.42. The van der Waals surface area contributed by atoms with Crippen molar-refractivity contribution in [3.05, 3.63) is 131 Å². The molecule has 0 fully saturated rings. The maximum Gasteiger partial charge on any atom is 0.116 e. The zero-order valence-corrected chi connectivity index (χ0v) is 17.0. The maximum absolute atomic E-state index is 12.3. The average molecular weight is 398 g/mol. The number of hydrogen-bond acceptors (Lipinski definition) is 2. The lowest BCUT2D eigenvalue weighted by Gasteiger charge is -2.47. The summed E-state index contributed by atoms with van der Waals surface area (Å²) in [5, 5.41) is 1.97. The molecule has 0 radical (unpaired) electrons. The van der Waals surface area contributed by atoms with Crippen LogP contribution in [0.25, 0.3) is 0 Å². The lowest BCUT2D eigenvalue weighted by molar-refractivity contribution is 0.219. The van der Waals surface area contributed by atoms with E-state index in [1.54, 1.807) is 0 Å². The van der Waals surface area contributed by atoms with E-state index in [9.17, 15) is 4.21 Å². The van der Waals surface area contributed by atoms with Gasteiger partial charge >= 0.3 is 0 Å². The van der Waals surface area contributed by atoms with Gasteiger partial charge in [0.05, 0.1) is 16.0 Å². The summed E-state index contributed by atoms with van der Waals surface area (Å²) in [6, 6.07) is 32.2. The van der Waals surface area contributed by atoms with Crippen LogP contribution in [0, 0.1) is 0 Å². The molecule has 0 saturated carbocycles. The summed E-state index contributed by atoms with van der Waals surface area (Å²) in [6.45, 7) is 0.847. The number of rotatable bonds is 4. The van der Waals surface area contributed by atoms with Gasteiger partial charge in [0.15, 0.2) is 0 Å². The average Bonchev–Trinajstić information content (AvgIpc) is 3.17. The van der Waals surface area contributed by atoms with Gasteiger partial charge in [-0.25, -0.2) is 0 Å². The van der Waals surface area contributed by atoms with Crippen LogP contribution in [0.4, 0.5) is 0 Å². The first-order valence-electron chi connectivity index (χ1n) is 10.0. The maximum atomic E-state index is 12.3. The van der Waals surface area contributed by atoms with E-state index in [1.165, 1.54) is 22.3 Å². The summed E-state index contributed by atoms with van der Waals surface area (Å²) in [4.78, 5) is 2.45. The Labute approximate surface area is 174 Å². The van der Waals surface area contributed by atoms with Gasteiger partial charge in [0.1, 0.15) is 5.54 Å². The Morgan fingerprint density at radius 2 is 1.24 bits per heavy atom. The first-order chi connectivity index (χ1) is 14.3. The van der Waals surface area contributed by atoms with Gasteiger partial charge in [0.2, 0.25) is 0 Å². The van der Waals surface area contributed by atoms with E-state index >= 15 is 0 Å². The molecule has 0 saturated heterocycles. The Hall–Kier alpha value is -2.91. The third kappa shape index (κ3) is 2.97. The highest BCUT2D eigenvalue weighted by Crippen LogP contribution is 2.45. The molecule has 2 aliphatic heterocycles. The Morgan fingerprint density at radius 1 is 0.759 bits per heavy atom. The molecule has 0 spiro atoms. The molecule has 0 bridgehead atoms. The highest BCUT2D eigenvalue weighted by atomic mass is 32.2. The second-order valence-corrected chi connectivity index (χ2v) is 9.04. The molecular weight excluding hydrogens is 374 g/mol. The molecule has 0 aromatic heterocycles. The molecule has 2 aliphatic rings. The van der Waals surface area contributed by atoms with Crippen molar-refractivity contribution in [2.24, 2.45) is 0 Å². The fourth-order valence-corrected chi connectivity index (χ4v) is 5.92. The SMILES string of the molecule is O=[S@]1C=CC2=CN(C(c3ccccc3)(c3ccccc3)c3ccccc3)CC[C@@H]21. The minimum Gasteiger partial charge on any atom is -0.360 e. The predicted molar refractivity (Wildman–Crippen MR) is 120 cm³/mol. The van der Waals surface area contributed by atoms with Crippen LogP contribution >= 0.6 is 0 Å². The van der Waals surface area contributed by atoms with Crippen molar-refractivity contribution in [3.63, 3.8) is 0 Å². The predicted octanol–water partition coefficient (Wildman–Crippen LogP) is 5.21. The summed E-state index contributed by atoms with van der Waals surface area (Å²) in [5.74, 6) is 0. The standard InChI is InChI=1S/C26H23NOS/c28-29-19-17-21-20-27(18-16-25(21)29)26(22-10-4-1-5-11-22,23-12-6-2-7-13-23)24-14-8-3-9-15-24/h1-15,17,19-20,25H,16,18H2/t25-,29-/m0/s1. The number of benzene rings is 3. The third-order valence-electron chi connectivity index (χ3n) is 5.99. The number of allylic oxidation sites excluding steroid dienone is 1. The van der Waals surface area contributed by atoms with Crippen molar-refractivity contribution in [1.82, 2.24) is 4.90 Å². The molecule has 0 aliphatic carbocycles. The fraction of sp³-hybridized carbons (Fsp3) is 0.154. The van der Waals surface area contributed by atoms with Crippen molar-refractivity contribution in [1.29, 1.82) is 0 Å². The lowest BCUT2D eigenvalue weighted by Crippen LogP contribution is -2.48. The van der Waals surface area contributed by atoms with Gasteiger partial charge in [0, 0.05) is 18.2 Å². The van der Waals surface area contributed by atoms with E-state index in [0.717, 1.165) is 13.0 Å². The molecule has 5 rings (SSSR count). The topological polar surface area (TPSA) is 20.3 Å². The molecule has 2 atom stereocenters. The first-order valence-corrected chi connectivity index (χ1v) is 11.3. The van der Waals surface area contributed by atoms with Crippen molar-refractivity contribution < 1.29 is 4.21 Å².